The molecule has 0 bridgehead atoms. The number of hydrazone groups is 1. The molecule has 10 heteroatoms. The first-order valence-corrected chi connectivity index (χ1v) is 10.6. The monoisotopic (exact) mass is 468 g/mol. The van der Waals surface area contributed by atoms with E-state index in [0.29, 0.717) is 36.0 Å². The third kappa shape index (κ3) is 8.65. The number of carbonyl (C=O) groups is 3. The minimum absolute atomic E-state index is 0.174. The number of benzene rings is 2. The third-order valence-electron chi connectivity index (χ3n) is 4.07. The first-order valence-electron chi connectivity index (χ1n) is 10.6. The molecule has 2 aromatic carbocycles. The van der Waals surface area contributed by atoms with E-state index in [-0.39, 0.29) is 19.1 Å². The van der Waals surface area contributed by atoms with Crippen molar-refractivity contribution in [2.75, 3.05) is 31.7 Å². The Bertz CT molecular complexity index is 1020. The Balaban J connectivity index is 1.93. The van der Waals surface area contributed by atoms with E-state index in [1.54, 1.807) is 42.5 Å². The minimum atomic E-state index is -0.901. The molecule has 3 amide bonds. The Morgan fingerprint density at radius 2 is 1.68 bits per heavy atom. The number of nitrogens with zero attached hydrogens (tertiary/aromatic N) is 1. The molecule has 0 fully saturated rings. The quantitative estimate of drug-likeness (QED) is 0.190. The van der Waals surface area contributed by atoms with Crippen molar-refractivity contribution in [3.8, 4) is 17.2 Å². The van der Waals surface area contributed by atoms with E-state index in [9.17, 15) is 14.4 Å². The second kappa shape index (κ2) is 13.9. The van der Waals surface area contributed by atoms with Crippen LogP contribution in [0.3, 0.4) is 0 Å². The number of carbonyl (C=O) groups excluding carboxylic acids is 3. The van der Waals surface area contributed by atoms with Gasteiger partial charge in [0.25, 0.3) is 5.91 Å². The van der Waals surface area contributed by atoms with Crippen molar-refractivity contribution >= 4 is 29.6 Å². The minimum Gasteiger partial charge on any atom is -0.494 e. The van der Waals surface area contributed by atoms with Crippen LogP contribution in [0.25, 0.3) is 0 Å². The van der Waals surface area contributed by atoms with Gasteiger partial charge in [-0.1, -0.05) is 6.08 Å². The van der Waals surface area contributed by atoms with Crippen LogP contribution in [-0.4, -0.2) is 50.3 Å². The van der Waals surface area contributed by atoms with Crippen molar-refractivity contribution < 1.29 is 28.6 Å². The molecule has 0 atom stereocenters. The van der Waals surface area contributed by atoms with Crippen molar-refractivity contribution in [3.05, 3.63) is 60.7 Å². The van der Waals surface area contributed by atoms with Crippen LogP contribution in [-0.2, 0) is 14.4 Å². The molecule has 2 rings (SSSR count). The fourth-order valence-corrected chi connectivity index (χ4v) is 2.60. The zero-order valence-electron chi connectivity index (χ0n) is 19.1. The van der Waals surface area contributed by atoms with Gasteiger partial charge in [-0.25, -0.2) is 5.43 Å². The van der Waals surface area contributed by atoms with Gasteiger partial charge in [-0.05, 0) is 61.9 Å². The highest BCUT2D eigenvalue weighted by molar-refractivity contribution is 6.35. The van der Waals surface area contributed by atoms with E-state index in [1.807, 2.05) is 13.8 Å². The molecular formula is C24H28N4O6. The van der Waals surface area contributed by atoms with Crippen molar-refractivity contribution in [1.82, 2.24) is 10.7 Å². The zero-order chi connectivity index (χ0) is 24.8. The Kier molecular flexibility index (Phi) is 10.6. The van der Waals surface area contributed by atoms with Crippen LogP contribution < -0.4 is 30.3 Å². The van der Waals surface area contributed by atoms with Crippen molar-refractivity contribution in [2.45, 2.75) is 13.8 Å². The second-order valence-electron chi connectivity index (χ2n) is 6.63. The average molecular weight is 469 g/mol. The molecule has 0 unspecified atom stereocenters. The van der Waals surface area contributed by atoms with E-state index in [4.69, 9.17) is 14.2 Å². The summed E-state index contributed by atoms with van der Waals surface area (Å²) < 4.78 is 16.6. The predicted octanol–water partition coefficient (Wildman–Crippen LogP) is 2.25. The summed E-state index contributed by atoms with van der Waals surface area (Å²) in [6.45, 7) is 8.04. The fraction of sp³-hybridized carbons (Fsp3) is 0.250. The van der Waals surface area contributed by atoms with Crippen LogP contribution in [0.2, 0.25) is 0 Å². The van der Waals surface area contributed by atoms with Gasteiger partial charge in [0.2, 0.25) is 0 Å². The van der Waals surface area contributed by atoms with Crippen LogP contribution in [0, 0.1) is 0 Å². The third-order valence-corrected chi connectivity index (χ3v) is 4.07. The molecule has 0 saturated heterocycles. The summed E-state index contributed by atoms with van der Waals surface area (Å²) in [5.41, 5.74) is 3.33. The Labute approximate surface area is 198 Å². The summed E-state index contributed by atoms with van der Waals surface area (Å²) in [6.07, 6.45) is 2.81. The molecule has 2 aromatic rings. The van der Waals surface area contributed by atoms with Crippen LogP contribution in [0.15, 0.2) is 60.2 Å². The number of anilines is 1. The second-order valence-corrected chi connectivity index (χ2v) is 6.63. The molecule has 0 aromatic heterocycles. The summed E-state index contributed by atoms with van der Waals surface area (Å²) in [6, 6.07) is 11.9. The van der Waals surface area contributed by atoms with Crippen LogP contribution in [0.4, 0.5) is 5.69 Å². The molecule has 0 spiro atoms. The van der Waals surface area contributed by atoms with Crippen molar-refractivity contribution in [2.24, 2.45) is 5.10 Å². The van der Waals surface area contributed by atoms with Crippen LogP contribution in [0.1, 0.15) is 19.4 Å². The van der Waals surface area contributed by atoms with Gasteiger partial charge in [-0.3, -0.25) is 14.4 Å². The molecule has 10 nitrogen and oxygen atoms in total. The topological polar surface area (TPSA) is 127 Å². The molecular weight excluding hydrogens is 440 g/mol. The zero-order valence-corrected chi connectivity index (χ0v) is 19.1. The van der Waals surface area contributed by atoms with E-state index >= 15 is 0 Å². The molecule has 3 N–H and O–H groups in total. The number of rotatable bonds is 12. The van der Waals surface area contributed by atoms with E-state index in [1.165, 1.54) is 12.3 Å². The molecule has 0 aliphatic carbocycles. The van der Waals surface area contributed by atoms with Gasteiger partial charge in [0, 0.05) is 12.2 Å². The van der Waals surface area contributed by atoms with E-state index in [0.717, 1.165) is 5.75 Å². The number of nitrogens with one attached hydrogen (secondary N) is 3. The summed E-state index contributed by atoms with van der Waals surface area (Å²) >= 11 is 0. The lowest BCUT2D eigenvalue weighted by Crippen LogP contribution is -2.37. The molecule has 34 heavy (non-hydrogen) atoms. The smallest absolute Gasteiger partial charge is 0.329 e. The summed E-state index contributed by atoms with van der Waals surface area (Å²) in [4.78, 5) is 35.4. The average Bonchev–Trinajstić information content (AvgIpc) is 2.83. The van der Waals surface area contributed by atoms with Crippen molar-refractivity contribution in [3.63, 3.8) is 0 Å². The largest absolute Gasteiger partial charge is 0.494 e. The number of ether oxygens (including phenoxy) is 3. The summed E-state index contributed by atoms with van der Waals surface area (Å²) in [5.74, 6) is -0.572. The Morgan fingerprint density at radius 3 is 2.35 bits per heavy atom. The van der Waals surface area contributed by atoms with Gasteiger partial charge in [0.1, 0.15) is 5.75 Å². The number of hydrogen-bond donors (Lipinski definition) is 3. The Hall–Kier alpha value is -4.34. The molecule has 0 aliphatic rings. The molecule has 180 valence electrons. The normalized spacial score (nSPS) is 10.3. The predicted molar refractivity (Wildman–Crippen MR) is 128 cm³/mol. The first kappa shape index (κ1) is 25.9. The maximum Gasteiger partial charge on any atom is 0.329 e. The lowest BCUT2D eigenvalue weighted by atomic mass is 10.2. The van der Waals surface area contributed by atoms with Gasteiger partial charge < -0.3 is 24.8 Å². The SMILES string of the molecule is C=CCNC(=O)C(=O)N/N=C\c1ccc(OCC(=O)Nc2ccc(OCC)cc2)c(OCC)c1. The van der Waals surface area contributed by atoms with E-state index in [2.05, 4.69) is 27.7 Å². The standard InChI is InChI=1S/C24H28N4O6/c1-4-13-25-23(30)24(31)28-26-15-17-7-12-20(21(14-17)33-6-3)34-16-22(29)27-18-8-10-19(11-9-18)32-5-2/h4,7-12,14-15H,1,5-6,13,16H2,2-3H3,(H,25,30)(H,27,29)(H,28,31)/b26-15-. The number of hydrogen-bond acceptors (Lipinski definition) is 7. The molecule has 0 aliphatic heterocycles. The number of amides is 3. The highest BCUT2D eigenvalue weighted by atomic mass is 16.5. The van der Waals surface area contributed by atoms with E-state index < -0.39 is 11.8 Å². The highest BCUT2D eigenvalue weighted by Gasteiger charge is 2.12. The van der Waals surface area contributed by atoms with Gasteiger partial charge in [-0.15, -0.1) is 6.58 Å². The van der Waals surface area contributed by atoms with Crippen LogP contribution in [0.5, 0.6) is 17.2 Å². The lowest BCUT2D eigenvalue weighted by molar-refractivity contribution is -0.139. The fourth-order valence-electron chi connectivity index (χ4n) is 2.60. The molecule has 0 radical (unpaired) electrons. The first-order chi connectivity index (χ1) is 16.5. The Morgan fingerprint density at radius 1 is 0.941 bits per heavy atom. The van der Waals surface area contributed by atoms with Gasteiger partial charge in [0.05, 0.1) is 19.4 Å². The maximum absolute atomic E-state index is 12.3. The highest BCUT2D eigenvalue weighted by Crippen LogP contribution is 2.28. The van der Waals surface area contributed by atoms with Gasteiger partial charge >= 0.3 is 11.8 Å². The maximum atomic E-state index is 12.3. The summed E-state index contributed by atoms with van der Waals surface area (Å²) in [5, 5.41) is 8.85. The van der Waals surface area contributed by atoms with Crippen LogP contribution >= 0.6 is 0 Å². The van der Waals surface area contributed by atoms with Gasteiger partial charge in [-0.2, -0.15) is 5.10 Å². The molecule has 0 saturated carbocycles. The van der Waals surface area contributed by atoms with Gasteiger partial charge in [0.15, 0.2) is 18.1 Å². The van der Waals surface area contributed by atoms with Crippen molar-refractivity contribution in [1.29, 1.82) is 0 Å². The summed E-state index contributed by atoms with van der Waals surface area (Å²) in [7, 11) is 0. The molecule has 0 heterocycles. The lowest BCUT2D eigenvalue weighted by Gasteiger charge is -2.13.